The van der Waals surface area contributed by atoms with Gasteiger partial charge in [0.2, 0.25) is 0 Å². The van der Waals surface area contributed by atoms with Crippen LogP contribution in [0.15, 0.2) is 18.5 Å². The number of hydrogen-bond acceptors (Lipinski definition) is 4. The molecule has 0 saturated carbocycles. The maximum atomic E-state index is 9.29. The van der Waals surface area contributed by atoms with Crippen LogP contribution in [0.25, 0.3) is 0 Å². The minimum Gasteiger partial charge on any atom is -0.381 e. The molecule has 0 radical (unpaired) electrons. The summed E-state index contributed by atoms with van der Waals surface area (Å²) in [5, 5.41) is 9.29. The molecule has 1 aliphatic rings. The molecule has 0 aromatic carbocycles. The van der Waals surface area contributed by atoms with E-state index >= 15 is 0 Å². The zero-order valence-corrected chi connectivity index (χ0v) is 10.5. The van der Waals surface area contributed by atoms with E-state index in [1.54, 1.807) is 0 Å². The van der Waals surface area contributed by atoms with E-state index in [-0.39, 0.29) is 6.73 Å². The van der Waals surface area contributed by atoms with Gasteiger partial charge in [-0.05, 0) is 18.1 Å². The Bertz CT molecular complexity index is 356. The second-order valence-corrected chi connectivity index (χ2v) is 4.59. The molecule has 0 unspecified atom stereocenters. The van der Waals surface area contributed by atoms with E-state index < -0.39 is 0 Å². The summed E-state index contributed by atoms with van der Waals surface area (Å²) in [6.07, 6.45) is 7.45. The van der Waals surface area contributed by atoms with Gasteiger partial charge in [0.15, 0.2) is 0 Å². The van der Waals surface area contributed by atoms with Gasteiger partial charge in [0.05, 0.1) is 25.3 Å². The molecule has 1 N–H and O–H groups in total. The maximum Gasteiger partial charge on any atom is 0.0973 e. The Hall–Kier alpha value is -1.13. The highest BCUT2D eigenvalue weighted by Crippen LogP contribution is 2.26. The van der Waals surface area contributed by atoms with Crippen molar-refractivity contribution < 1.29 is 5.11 Å². The van der Waals surface area contributed by atoms with Gasteiger partial charge in [-0.15, -0.1) is 0 Å². The molecule has 4 nitrogen and oxygen atoms in total. The van der Waals surface area contributed by atoms with Crippen molar-refractivity contribution in [3.05, 3.63) is 24.0 Å². The summed E-state index contributed by atoms with van der Waals surface area (Å²) in [5.74, 6) is 0. The van der Waals surface area contributed by atoms with Crippen LogP contribution in [0.2, 0.25) is 0 Å². The first-order valence-corrected chi connectivity index (χ1v) is 6.36. The number of fused-ring (bicyclic) bond motifs is 1. The third-order valence-electron chi connectivity index (χ3n) is 3.22. The van der Waals surface area contributed by atoms with Crippen molar-refractivity contribution in [3.8, 4) is 0 Å². The summed E-state index contributed by atoms with van der Waals surface area (Å²) in [4.78, 5) is 8.56. The molecule has 1 aliphatic heterocycles. The molecule has 17 heavy (non-hydrogen) atoms. The van der Waals surface area contributed by atoms with Gasteiger partial charge in [-0.1, -0.05) is 19.8 Å². The minimum atomic E-state index is 0.117. The summed E-state index contributed by atoms with van der Waals surface area (Å²) >= 11 is 0. The molecule has 2 rings (SSSR count). The van der Waals surface area contributed by atoms with E-state index in [9.17, 15) is 5.11 Å². The Morgan fingerprint density at radius 2 is 2.29 bits per heavy atom. The number of aromatic nitrogens is 1. The predicted octanol–water partition coefficient (Wildman–Crippen LogP) is 1.80. The van der Waals surface area contributed by atoms with Gasteiger partial charge in [0, 0.05) is 19.3 Å². The molecule has 2 heterocycles. The van der Waals surface area contributed by atoms with Crippen LogP contribution in [-0.4, -0.2) is 34.9 Å². The van der Waals surface area contributed by atoms with Crippen molar-refractivity contribution in [1.82, 2.24) is 9.88 Å². The number of hydrogen-bond donors (Lipinski definition) is 1. The number of aliphatic hydroxyl groups excluding tert-OH is 1. The lowest BCUT2D eigenvalue weighted by molar-refractivity contribution is 0.0954. The van der Waals surface area contributed by atoms with Gasteiger partial charge >= 0.3 is 0 Å². The van der Waals surface area contributed by atoms with Gasteiger partial charge in [0.25, 0.3) is 0 Å². The number of anilines is 1. The minimum absolute atomic E-state index is 0.117. The molecule has 0 fully saturated rings. The second kappa shape index (κ2) is 5.98. The largest absolute Gasteiger partial charge is 0.381 e. The van der Waals surface area contributed by atoms with E-state index in [1.807, 2.05) is 23.4 Å². The van der Waals surface area contributed by atoms with Gasteiger partial charge in [0.1, 0.15) is 0 Å². The SMILES string of the molecule is CCCCCN1CN(CO)Cc2ccncc21. The molecule has 0 atom stereocenters. The number of aliphatic hydroxyl groups is 1. The lowest BCUT2D eigenvalue weighted by atomic mass is 10.1. The number of rotatable bonds is 5. The quantitative estimate of drug-likeness (QED) is 0.790. The van der Waals surface area contributed by atoms with E-state index in [0.29, 0.717) is 0 Å². The first kappa shape index (κ1) is 12.3. The van der Waals surface area contributed by atoms with Gasteiger partial charge in [-0.25, -0.2) is 0 Å². The van der Waals surface area contributed by atoms with E-state index in [2.05, 4.69) is 16.8 Å². The Kier molecular flexibility index (Phi) is 4.34. The van der Waals surface area contributed by atoms with Gasteiger partial charge in [-0.2, -0.15) is 0 Å². The zero-order valence-electron chi connectivity index (χ0n) is 10.5. The average molecular weight is 235 g/mol. The van der Waals surface area contributed by atoms with Gasteiger partial charge < -0.3 is 10.0 Å². The first-order valence-electron chi connectivity index (χ1n) is 6.36. The molecule has 0 bridgehead atoms. The van der Waals surface area contributed by atoms with Crippen molar-refractivity contribution in [3.63, 3.8) is 0 Å². The molecular formula is C13H21N3O. The molecule has 4 heteroatoms. The van der Waals surface area contributed by atoms with E-state index in [4.69, 9.17) is 0 Å². The Balaban J connectivity index is 2.09. The highest BCUT2D eigenvalue weighted by molar-refractivity contribution is 5.53. The number of unbranched alkanes of at least 4 members (excludes halogenated alkanes) is 2. The van der Waals surface area contributed by atoms with Crippen LogP contribution in [0.1, 0.15) is 31.7 Å². The Morgan fingerprint density at radius 1 is 1.41 bits per heavy atom. The third kappa shape index (κ3) is 2.96. The zero-order chi connectivity index (χ0) is 12.1. The van der Waals surface area contributed by atoms with Crippen molar-refractivity contribution >= 4 is 5.69 Å². The lowest BCUT2D eigenvalue weighted by Gasteiger charge is -2.37. The smallest absolute Gasteiger partial charge is 0.0973 e. The topological polar surface area (TPSA) is 39.6 Å². The highest BCUT2D eigenvalue weighted by atomic mass is 16.3. The van der Waals surface area contributed by atoms with E-state index in [1.165, 1.54) is 30.5 Å². The fourth-order valence-corrected chi connectivity index (χ4v) is 2.28. The Labute approximate surface area is 103 Å². The number of nitrogens with zero attached hydrogens (tertiary/aromatic N) is 3. The monoisotopic (exact) mass is 235 g/mol. The van der Waals surface area contributed by atoms with Crippen LogP contribution in [0.4, 0.5) is 5.69 Å². The van der Waals surface area contributed by atoms with Crippen LogP contribution >= 0.6 is 0 Å². The maximum absolute atomic E-state index is 9.29. The molecule has 0 saturated heterocycles. The number of pyridine rings is 1. The average Bonchev–Trinajstić information content (AvgIpc) is 2.38. The van der Waals surface area contributed by atoms with Crippen LogP contribution in [0.3, 0.4) is 0 Å². The van der Waals surface area contributed by atoms with Crippen LogP contribution in [0.5, 0.6) is 0 Å². The molecule has 0 aliphatic carbocycles. The second-order valence-electron chi connectivity index (χ2n) is 4.59. The third-order valence-corrected chi connectivity index (χ3v) is 3.22. The predicted molar refractivity (Wildman–Crippen MR) is 68.6 cm³/mol. The van der Waals surface area contributed by atoms with Crippen molar-refractivity contribution in [2.75, 3.05) is 24.8 Å². The summed E-state index contributed by atoms with van der Waals surface area (Å²) in [6.45, 7) is 5.00. The summed E-state index contributed by atoms with van der Waals surface area (Å²) in [6, 6.07) is 2.05. The normalized spacial score (nSPS) is 16.0. The highest BCUT2D eigenvalue weighted by Gasteiger charge is 2.21. The first-order chi connectivity index (χ1) is 8.35. The fourth-order valence-electron chi connectivity index (χ4n) is 2.28. The molecule has 1 aromatic heterocycles. The van der Waals surface area contributed by atoms with Crippen LogP contribution in [0, 0.1) is 0 Å². The Morgan fingerprint density at radius 3 is 3.06 bits per heavy atom. The molecule has 0 amide bonds. The molecule has 0 spiro atoms. The fraction of sp³-hybridized carbons (Fsp3) is 0.615. The summed E-state index contributed by atoms with van der Waals surface area (Å²) in [7, 11) is 0. The van der Waals surface area contributed by atoms with Crippen LogP contribution in [-0.2, 0) is 6.54 Å². The molecular weight excluding hydrogens is 214 g/mol. The van der Waals surface area contributed by atoms with Crippen molar-refractivity contribution in [1.29, 1.82) is 0 Å². The van der Waals surface area contributed by atoms with E-state index in [0.717, 1.165) is 19.8 Å². The summed E-state index contributed by atoms with van der Waals surface area (Å²) < 4.78 is 0. The lowest BCUT2D eigenvalue weighted by Crippen LogP contribution is -2.43. The standard InChI is InChI=1S/C13H21N3O/c1-2-3-4-7-16-10-15(11-17)9-12-5-6-14-8-13(12)16/h5-6,8,17H,2-4,7,9-11H2,1H3. The van der Waals surface area contributed by atoms with Gasteiger partial charge in [-0.3, -0.25) is 9.88 Å². The van der Waals surface area contributed by atoms with Crippen LogP contribution < -0.4 is 4.90 Å². The summed E-state index contributed by atoms with van der Waals surface area (Å²) in [5.41, 5.74) is 2.49. The van der Waals surface area contributed by atoms with Crippen molar-refractivity contribution in [2.45, 2.75) is 32.7 Å². The molecule has 1 aromatic rings. The molecule has 94 valence electrons. The van der Waals surface area contributed by atoms with Crippen molar-refractivity contribution in [2.24, 2.45) is 0 Å².